The van der Waals surface area contributed by atoms with E-state index in [9.17, 15) is 0 Å². The first-order chi connectivity index (χ1) is 7.60. The summed E-state index contributed by atoms with van der Waals surface area (Å²) in [4.78, 5) is 2.34. The van der Waals surface area contributed by atoms with Gasteiger partial charge in [-0.15, -0.1) is 13.2 Å². The molecule has 0 heterocycles. The van der Waals surface area contributed by atoms with Crippen molar-refractivity contribution in [2.45, 2.75) is 33.6 Å². The summed E-state index contributed by atoms with van der Waals surface area (Å²) in [6.07, 6.45) is 6.70. The van der Waals surface area contributed by atoms with Crippen LogP contribution in [0.3, 0.4) is 0 Å². The second kappa shape index (κ2) is 12.3. The van der Waals surface area contributed by atoms with Gasteiger partial charge in [-0.1, -0.05) is 39.0 Å². The summed E-state index contributed by atoms with van der Waals surface area (Å²) in [5, 5.41) is 0. The number of hydrogen-bond acceptors (Lipinski definition) is 1. The molecule has 0 spiro atoms. The Bertz CT molecular complexity index is 194. The molecule has 0 aromatic heterocycles. The molecular weight excluding hydrogens is 194 g/mol. The van der Waals surface area contributed by atoms with E-state index in [1.54, 1.807) is 0 Å². The van der Waals surface area contributed by atoms with Gasteiger partial charge in [0.25, 0.3) is 0 Å². The third-order valence-corrected chi connectivity index (χ3v) is 2.58. The highest BCUT2D eigenvalue weighted by atomic mass is 15.1. The first-order valence-corrected chi connectivity index (χ1v) is 6.09. The van der Waals surface area contributed by atoms with Gasteiger partial charge in [-0.25, -0.2) is 0 Å². The second-order valence-corrected chi connectivity index (χ2v) is 4.20. The van der Waals surface area contributed by atoms with Gasteiger partial charge in [-0.3, -0.25) is 0 Å². The van der Waals surface area contributed by atoms with Gasteiger partial charge in [0, 0.05) is 6.54 Å². The van der Waals surface area contributed by atoms with E-state index >= 15 is 0 Å². The summed E-state index contributed by atoms with van der Waals surface area (Å²) in [6.45, 7) is 18.8. The molecular formula is C15H29N. The molecule has 1 nitrogen and oxygen atoms in total. The average molecular weight is 223 g/mol. The minimum Gasteiger partial charge on any atom is -0.302 e. The molecule has 0 aromatic rings. The average Bonchev–Trinajstić information content (AvgIpc) is 2.28. The van der Waals surface area contributed by atoms with Crippen molar-refractivity contribution < 1.29 is 0 Å². The molecule has 0 fully saturated rings. The molecule has 0 saturated carbocycles. The van der Waals surface area contributed by atoms with Gasteiger partial charge < -0.3 is 4.90 Å². The Morgan fingerprint density at radius 1 is 1.38 bits per heavy atom. The van der Waals surface area contributed by atoms with E-state index in [1.807, 2.05) is 13.0 Å². The van der Waals surface area contributed by atoms with Gasteiger partial charge in [0.2, 0.25) is 0 Å². The summed E-state index contributed by atoms with van der Waals surface area (Å²) in [7, 11) is 2.16. The lowest BCUT2D eigenvalue weighted by Gasteiger charge is -2.18. The Hall–Kier alpha value is -0.820. The van der Waals surface area contributed by atoms with Crippen molar-refractivity contribution >= 4 is 0 Å². The smallest absolute Gasteiger partial charge is 0.0224 e. The topological polar surface area (TPSA) is 3.24 Å². The lowest BCUT2D eigenvalue weighted by Crippen LogP contribution is -2.23. The van der Waals surface area contributed by atoms with E-state index < -0.39 is 0 Å². The minimum atomic E-state index is 0.840. The molecule has 0 aliphatic rings. The highest BCUT2D eigenvalue weighted by Crippen LogP contribution is 2.07. The Kier molecular flexibility index (Phi) is 13.5. The first-order valence-electron chi connectivity index (χ1n) is 6.09. The quantitative estimate of drug-likeness (QED) is 0.460. The van der Waals surface area contributed by atoms with Crippen molar-refractivity contribution in [3.05, 3.63) is 37.5 Å². The standard InChI is InChI=1S/C13H25N.C2H4/c1-6-8-13(4)11-14(5)10-9-12(3)7-2;1-2/h6,8,12H,4,7,9-11H2,1-3,5H3;1-2H2/b8-6-;. The van der Waals surface area contributed by atoms with Crippen LogP contribution in [-0.4, -0.2) is 25.0 Å². The third-order valence-electron chi connectivity index (χ3n) is 2.58. The number of allylic oxidation sites excluding steroid dienone is 1. The van der Waals surface area contributed by atoms with Gasteiger partial charge in [0.05, 0.1) is 0 Å². The SMILES string of the molecule is C=C.C=C(/C=C\C)CN(C)CCC(C)CC. The zero-order valence-electron chi connectivity index (χ0n) is 11.6. The monoisotopic (exact) mass is 223 g/mol. The molecule has 0 rings (SSSR count). The van der Waals surface area contributed by atoms with E-state index in [2.05, 4.69) is 51.6 Å². The summed E-state index contributed by atoms with van der Waals surface area (Å²) >= 11 is 0. The van der Waals surface area contributed by atoms with Crippen LogP contribution in [0.15, 0.2) is 37.5 Å². The van der Waals surface area contributed by atoms with Crippen LogP contribution >= 0.6 is 0 Å². The van der Waals surface area contributed by atoms with Crippen molar-refractivity contribution in [1.82, 2.24) is 4.90 Å². The van der Waals surface area contributed by atoms with Crippen molar-refractivity contribution in [2.24, 2.45) is 5.92 Å². The van der Waals surface area contributed by atoms with Crippen LogP contribution in [-0.2, 0) is 0 Å². The maximum absolute atomic E-state index is 4.00. The van der Waals surface area contributed by atoms with Crippen LogP contribution in [0.25, 0.3) is 0 Å². The lowest BCUT2D eigenvalue weighted by molar-refractivity contribution is 0.326. The molecule has 0 aromatic carbocycles. The summed E-state index contributed by atoms with van der Waals surface area (Å²) in [5.41, 5.74) is 1.19. The zero-order valence-corrected chi connectivity index (χ0v) is 11.6. The molecule has 0 aliphatic heterocycles. The van der Waals surface area contributed by atoms with Crippen LogP contribution in [0.4, 0.5) is 0 Å². The van der Waals surface area contributed by atoms with Crippen LogP contribution in [0.1, 0.15) is 33.6 Å². The first kappa shape index (κ1) is 17.6. The van der Waals surface area contributed by atoms with Crippen LogP contribution in [0.5, 0.6) is 0 Å². The van der Waals surface area contributed by atoms with E-state index in [0.29, 0.717) is 0 Å². The maximum Gasteiger partial charge on any atom is 0.0224 e. The van der Waals surface area contributed by atoms with Crippen molar-refractivity contribution in [3.8, 4) is 0 Å². The van der Waals surface area contributed by atoms with Gasteiger partial charge >= 0.3 is 0 Å². The molecule has 0 N–H and O–H groups in total. The molecule has 0 radical (unpaired) electrons. The Labute approximate surface area is 103 Å². The minimum absolute atomic E-state index is 0.840. The van der Waals surface area contributed by atoms with Gasteiger partial charge in [-0.05, 0) is 38.4 Å². The number of hydrogen-bond donors (Lipinski definition) is 0. The predicted octanol–water partition coefficient (Wildman–Crippen LogP) is 4.29. The molecule has 0 aliphatic carbocycles. The zero-order chi connectivity index (χ0) is 13.0. The van der Waals surface area contributed by atoms with E-state index in [-0.39, 0.29) is 0 Å². The van der Waals surface area contributed by atoms with Gasteiger partial charge in [0.1, 0.15) is 0 Å². The molecule has 1 unspecified atom stereocenters. The lowest BCUT2D eigenvalue weighted by atomic mass is 10.1. The molecule has 1 heteroatoms. The van der Waals surface area contributed by atoms with Crippen molar-refractivity contribution in [1.29, 1.82) is 0 Å². The Morgan fingerprint density at radius 2 is 1.94 bits per heavy atom. The summed E-state index contributed by atoms with van der Waals surface area (Å²) in [5.74, 6) is 0.840. The van der Waals surface area contributed by atoms with Crippen molar-refractivity contribution in [2.75, 3.05) is 20.1 Å². The normalized spacial score (nSPS) is 12.3. The van der Waals surface area contributed by atoms with Gasteiger partial charge in [-0.2, -0.15) is 0 Å². The number of nitrogens with zero attached hydrogens (tertiary/aromatic N) is 1. The van der Waals surface area contributed by atoms with E-state index in [4.69, 9.17) is 0 Å². The summed E-state index contributed by atoms with van der Waals surface area (Å²) < 4.78 is 0. The number of likely N-dealkylation sites (N-methyl/N-ethyl adjacent to an activating group) is 1. The van der Waals surface area contributed by atoms with Gasteiger partial charge in [0.15, 0.2) is 0 Å². The van der Waals surface area contributed by atoms with Crippen LogP contribution in [0, 0.1) is 5.92 Å². The largest absolute Gasteiger partial charge is 0.302 e. The predicted molar refractivity (Wildman–Crippen MR) is 76.8 cm³/mol. The molecule has 1 atom stereocenters. The van der Waals surface area contributed by atoms with E-state index in [0.717, 1.165) is 12.5 Å². The number of rotatable bonds is 7. The van der Waals surface area contributed by atoms with Crippen LogP contribution < -0.4 is 0 Å². The highest BCUT2D eigenvalue weighted by Gasteiger charge is 2.02. The fourth-order valence-corrected chi connectivity index (χ4v) is 1.36. The molecule has 16 heavy (non-hydrogen) atoms. The third kappa shape index (κ3) is 11.3. The fraction of sp³-hybridized carbons (Fsp3) is 0.600. The molecule has 94 valence electrons. The molecule has 0 bridgehead atoms. The van der Waals surface area contributed by atoms with Crippen LogP contribution in [0.2, 0.25) is 0 Å². The molecule has 0 saturated heterocycles. The Balaban J connectivity index is 0. The second-order valence-electron chi connectivity index (χ2n) is 4.20. The fourth-order valence-electron chi connectivity index (χ4n) is 1.36. The van der Waals surface area contributed by atoms with Crippen molar-refractivity contribution in [3.63, 3.8) is 0 Å². The maximum atomic E-state index is 4.00. The summed E-state index contributed by atoms with van der Waals surface area (Å²) in [6, 6.07) is 0. The highest BCUT2D eigenvalue weighted by molar-refractivity contribution is 5.15. The Morgan fingerprint density at radius 3 is 2.38 bits per heavy atom. The van der Waals surface area contributed by atoms with E-state index in [1.165, 1.54) is 25.0 Å². The molecule has 0 amide bonds.